The Bertz CT molecular complexity index is 2720. The van der Waals surface area contributed by atoms with E-state index in [-0.39, 0.29) is 0 Å². The molecule has 6 heteroatoms. The topological polar surface area (TPSA) is 32.3 Å². The average molecular weight is 807 g/mol. The van der Waals surface area contributed by atoms with E-state index in [2.05, 4.69) is 204 Å². The summed E-state index contributed by atoms with van der Waals surface area (Å²) < 4.78 is 0. The van der Waals surface area contributed by atoms with E-state index in [0.717, 1.165) is 45.5 Å². The van der Waals surface area contributed by atoms with Crippen LogP contribution in [-0.4, -0.2) is 9.97 Å². The van der Waals surface area contributed by atoms with Crippen LogP contribution < -0.4 is 9.80 Å². The van der Waals surface area contributed by atoms with Gasteiger partial charge in [-0.3, -0.25) is 9.80 Å². The van der Waals surface area contributed by atoms with Crippen LogP contribution in [0.5, 0.6) is 0 Å². The molecule has 60 heavy (non-hydrogen) atoms. The number of benzene rings is 6. The lowest BCUT2D eigenvalue weighted by Crippen LogP contribution is -2.11. The quantitative estimate of drug-likeness (QED) is 0.130. The number of hydrogen-bond acceptors (Lipinski definition) is 6. The van der Waals surface area contributed by atoms with Crippen molar-refractivity contribution < 1.29 is 0 Å². The van der Waals surface area contributed by atoms with Gasteiger partial charge in [-0.15, -0.1) is 22.7 Å². The van der Waals surface area contributed by atoms with Crippen molar-refractivity contribution in [3.05, 3.63) is 231 Å². The van der Waals surface area contributed by atoms with E-state index in [9.17, 15) is 0 Å². The van der Waals surface area contributed by atoms with Gasteiger partial charge in [-0.1, -0.05) is 121 Å². The Morgan fingerprint density at radius 3 is 0.833 bits per heavy atom. The highest BCUT2D eigenvalue weighted by Crippen LogP contribution is 2.41. The third-order valence-electron chi connectivity index (χ3n) is 10.5. The standard InChI is InChI=1S/C54H38N4S2/c1-3-11-41(12-4-1)49-33-35-51(59-49)43-21-29-47(30-22-43)57(53-15-7-9-37-55-53)45-25-17-39(18-26-45)40-19-27-46(28-20-40)58(54-16-8-10-38-56-54)48-31-23-44(24-32-48)52-36-34-50(60-52)42-13-5-2-6-14-42/h1-38H. The lowest BCUT2D eigenvalue weighted by Gasteiger charge is -2.25. The first-order valence-electron chi connectivity index (χ1n) is 19.9. The molecule has 0 atom stereocenters. The van der Waals surface area contributed by atoms with Gasteiger partial charge in [0.1, 0.15) is 11.6 Å². The van der Waals surface area contributed by atoms with E-state index in [1.165, 1.54) is 41.8 Å². The van der Waals surface area contributed by atoms with Crippen LogP contribution in [0.2, 0.25) is 0 Å². The van der Waals surface area contributed by atoms with Crippen LogP contribution in [0.15, 0.2) is 231 Å². The molecule has 10 aromatic rings. The second kappa shape index (κ2) is 16.8. The summed E-state index contributed by atoms with van der Waals surface area (Å²) in [5.41, 5.74) is 11.3. The van der Waals surface area contributed by atoms with Gasteiger partial charge in [-0.2, -0.15) is 0 Å². The Labute approximate surface area is 358 Å². The van der Waals surface area contributed by atoms with E-state index < -0.39 is 0 Å². The van der Waals surface area contributed by atoms with E-state index in [0.29, 0.717) is 0 Å². The molecule has 0 saturated heterocycles. The zero-order valence-corrected chi connectivity index (χ0v) is 34.2. The van der Waals surface area contributed by atoms with Gasteiger partial charge in [0.2, 0.25) is 0 Å². The first-order valence-corrected chi connectivity index (χ1v) is 21.5. The van der Waals surface area contributed by atoms with Gasteiger partial charge >= 0.3 is 0 Å². The fourth-order valence-corrected chi connectivity index (χ4v) is 9.49. The molecule has 0 fully saturated rings. The summed E-state index contributed by atoms with van der Waals surface area (Å²) in [6, 6.07) is 77.0. The average Bonchev–Trinajstić information content (AvgIpc) is 4.04. The first kappa shape index (κ1) is 36.9. The van der Waals surface area contributed by atoms with E-state index in [1.807, 2.05) is 59.3 Å². The second-order valence-electron chi connectivity index (χ2n) is 14.3. The number of aromatic nitrogens is 2. The predicted octanol–water partition coefficient (Wildman–Crippen LogP) is 15.9. The van der Waals surface area contributed by atoms with Crippen molar-refractivity contribution >= 4 is 57.1 Å². The summed E-state index contributed by atoms with van der Waals surface area (Å²) in [7, 11) is 0. The van der Waals surface area contributed by atoms with Crippen molar-refractivity contribution in [3.8, 4) is 52.9 Å². The minimum Gasteiger partial charge on any atom is -0.295 e. The number of rotatable bonds is 11. The van der Waals surface area contributed by atoms with Crippen LogP contribution in [-0.2, 0) is 0 Å². The highest BCUT2D eigenvalue weighted by atomic mass is 32.1. The number of anilines is 6. The van der Waals surface area contributed by atoms with Crippen LogP contribution in [0, 0.1) is 0 Å². The summed E-state index contributed by atoms with van der Waals surface area (Å²) in [5.74, 6) is 1.72. The zero-order valence-electron chi connectivity index (χ0n) is 32.5. The van der Waals surface area contributed by atoms with Gasteiger partial charge in [0.15, 0.2) is 0 Å². The lowest BCUT2D eigenvalue weighted by atomic mass is 10.0. The van der Waals surface area contributed by atoms with Gasteiger partial charge in [0.25, 0.3) is 0 Å². The summed E-state index contributed by atoms with van der Waals surface area (Å²) in [5, 5.41) is 0. The van der Waals surface area contributed by atoms with Crippen molar-refractivity contribution in [3.63, 3.8) is 0 Å². The summed E-state index contributed by atoms with van der Waals surface area (Å²) in [6.45, 7) is 0. The van der Waals surface area contributed by atoms with Crippen LogP contribution >= 0.6 is 22.7 Å². The molecule has 0 aliphatic heterocycles. The molecule has 0 unspecified atom stereocenters. The number of thiophene rings is 2. The summed E-state index contributed by atoms with van der Waals surface area (Å²) in [4.78, 5) is 18.9. The van der Waals surface area contributed by atoms with Crippen LogP contribution in [0.3, 0.4) is 0 Å². The maximum atomic E-state index is 4.76. The first-order chi connectivity index (χ1) is 29.7. The summed E-state index contributed by atoms with van der Waals surface area (Å²) in [6.07, 6.45) is 3.69. The molecule has 0 saturated carbocycles. The highest BCUT2D eigenvalue weighted by Gasteiger charge is 2.17. The lowest BCUT2D eigenvalue weighted by molar-refractivity contribution is 1.18. The highest BCUT2D eigenvalue weighted by molar-refractivity contribution is 7.19. The second-order valence-corrected chi connectivity index (χ2v) is 16.5. The number of nitrogens with zero attached hydrogens (tertiary/aromatic N) is 4. The third-order valence-corrected chi connectivity index (χ3v) is 12.9. The Kier molecular flexibility index (Phi) is 10.4. The third kappa shape index (κ3) is 7.77. The van der Waals surface area contributed by atoms with Crippen molar-refractivity contribution in [2.45, 2.75) is 0 Å². The van der Waals surface area contributed by atoms with E-state index >= 15 is 0 Å². The maximum absolute atomic E-state index is 4.76. The van der Waals surface area contributed by atoms with Gasteiger partial charge in [0.05, 0.1) is 0 Å². The Hall–Kier alpha value is -7.38. The predicted molar refractivity (Wildman–Crippen MR) is 254 cm³/mol. The van der Waals surface area contributed by atoms with Crippen molar-refractivity contribution in [1.29, 1.82) is 0 Å². The van der Waals surface area contributed by atoms with Crippen LogP contribution in [0.1, 0.15) is 0 Å². The molecule has 10 rings (SSSR count). The molecule has 0 bridgehead atoms. The van der Waals surface area contributed by atoms with Crippen LogP contribution in [0.4, 0.5) is 34.4 Å². The van der Waals surface area contributed by atoms with E-state index in [1.54, 1.807) is 0 Å². The Balaban J connectivity index is 0.899. The molecule has 4 aromatic heterocycles. The maximum Gasteiger partial charge on any atom is 0.137 e. The Morgan fingerprint density at radius 2 is 0.533 bits per heavy atom. The normalized spacial score (nSPS) is 11.0. The van der Waals surface area contributed by atoms with Gasteiger partial charge in [0, 0.05) is 54.7 Å². The fourth-order valence-electron chi connectivity index (χ4n) is 7.46. The monoisotopic (exact) mass is 806 g/mol. The molecule has 6 aromatic carbocycles. The van der Waals surface area contributed by atoms with Crippen molar-refractivity contribution in [2.24, 2.45) is 0 Å². The molecule has 0 amide bonds. The molecular formula is C54H38N4S2. The van der Waals surface area contributed by atoms with Crippen molar-refractivity contribution in [1.82, 2.24) is 9.97 Å². The molecule has 286 valence electrons. The van der Waals surface area contributed by atoms with Gasteiger partial charge < -0.3 is 0 Å². The number of pyridine rings is 2. The largest absolute Gasteiger partial charge is 0.295 e. The van der Waals surface area contributed by atoms with Crippen LogP contribution in [0.25, 0.3) is 52.9 Å². The molecule has 0 aliphatic rings. The Morgan fingerprint density at radius 1 is 0.250 bits per heavy atom. The molecular weight excluding hydrogens is 769 g/mol. The van der Waals surface area contributed by atoms with Crippen molar-refractivity contribution in [2.75, 3.05) is 9.80 Å². The summed E-state index contributed by atoms with van der Waals surface area (Å²) >= 11 is 3.63. The molecule has 4 heterocycles. The van der Waals surface area contributed by atoms with Gasteiger partial charge in [-0.05, 0) is 130 Å². The SMILES string of the molecule is c1ccc(-c2ccc(-c3ccc(N(c4ccc(-c5ccc(N(c6ccc(-c7ccc(-c8ccccc8)s7)cc6)c6ccccn6)cc5)cc4)c4ccccn4)cc3)s2)cc1. The molecule has 0 spiro atoms. The fraction of sp³-hybridized carbons (Fsp3) is 0. The smallest absolute Gasteiger partial charge is 0.137 e. The minimum absolute atomic E-state index is 0.861. The molecule has 0 N–H and O–H groups in total. The molecule has 0 aliphatic carbocycles. The van der Waals surface area contributed by atoms with Gasteiger partial charge in [-0.25, -0.2) is 9.97 Å². The molecule has 0 radical (unpaired) electrons. The zero-order chi connectivity index (χ0) is 40.1. The number of hydrogen-bond donors (Lipinski definition) is 0. The minimum atomic E-state index is 0.861. The van der Waals surface area contributed by atoms with E-state index in [4.69, 9.17) is 9.97 Å². The molecule has 4 nitrogen and oxygen atoms in total.